The van der Waals surface area contributed by atoms with Crippen LogP contribution >= 0.6 is 0 Å². The fraction of sp³-hybridized carbons (Fsp3) is 0.333. The summed E-state index contributed by atoms with van der Waals surface area (Å²) in [6.45, 7) is 3.12. The molecule has 0 fully saturated rings. The molecule has 0 N–H and O–H groups in total. The maximum atomic E-state index is 10.5. The van der Waals surface area contributed by atoms with E-state index in [4.69, 9.17) is 0 Å². The Morgan fingerprint density at radius 2 is 2.00 bits per heavy atom. The third kappa shape index (κ3) is 2.99. The van der Waals surface area contributed by atoms with Crippen LogP contribution in [0.1, 0.15) is 0 Å². The summed E-state index contributed by atoms with van der Waals surface area (Å²) in [4.78, 5) is 25.3. The molecule has 0 atom stereocenters. The highest BCUT2D eigenvalue weighted by atomic mass is 16.7. The largest absolute Gasteiger partial charge is 0.397 e. The molecule has 4 nitrogen and oxygen atoms in total. The molecule has 0 aliphatic carbocycles. The first-order valence-electron chi connectivity index (χ1n) is 2.64. The Balaban J connectivity index is 3.85. The first-order chi connectivity index (χ1) is 4.57. The lowest BCUT2D eigenvalue weighted by molar-refractivity contribution is -0.180. The van der Waals surface area contributed by atoms with E-state index in [1.165, 1.54) is 14.1 Å². The normalized spacial score (nSPS) is 9.10. The lowest BCUT2D eigenvalue weighted by Gasteiger charge is -2.06. The number of hydroxylamine groups is 2. The molecule has 0 aliphatic rings. The number of ketones is 1. The smallest absolute Gasteiger partial charge is 0.362 e. The molecule has 0 amide bonds. The second-order valence-corrected chi connectivity index (χ2v) is 1.76. The van der Waals surface area contributed by atoms with Crippen molar-refractivity contribution in [1.82, 2.24) is 5.06 Å². The molecular weight excluding hydrogens is 134 g/mol. The summed E-state index contributed by atoms with van der Waals surface area (Å²) in [6.07, 6.45) is 0.909. The minimum Gasteiger partial charge on any atom is -0.362 e. The van der Waals surface area contributed by atoms with Crippen LogP contribution in [0.15, 0.2) is 12.7 Å². The van der Waals surface area contributed by atoms with E-state index < -0.39 is 11.8 Å². The Morgan fingerprint density at radius 1 is 1.50 bits per heavy atom. The second-order valence-electron chi connectivity index (χ2n) is 1.76. The fourth-order valence-electron chi connectivity index (χ4n) is 0.294. The van der Waals surface area contributed by atoms with E-state index >= 15 is 0 Å². The molecule has 0 spiro atoms. The van der Waals surface area contributed by atoms with Gasteiger partial charge in [-0.2, -0.15) is 0 Å². The highest BCUT2D eigenvalue weighted by Crippen LogP contribution is 1.83. The number of rotatable bonds is 3. The summed E-state index contributed by atoms with van der Waals surface area (Å²) < 4.78 is 0. The van der Waals surface area contributed by atoms with Crippen molar-refractivity contribution in [2.45, 2.75) is 0 Å². The SMILES string of the molecule is C=CC(=O)C(=O)ON(C)C. The van der Waals surface area contributed by atoms with E-state index in [-0.39, 0.29) is 0 Å². The van der Waals surface area contributed by atoms with Gasteiger partial charge >= 0.3 is 5.97 Å². The van der Waals surface area contributed by atoms with Gasteiger partial charge < -0.3 is 4.84 Å². The lowest BCUT2D eigenvalue weighted by Crippen LogP contribution is -2.23. The van der Waals surface area contributed by atoms with Crippen molar-refractivity contribution < 1.29 is 14.4 Å². The standard InChI is InChI=1S/C6H9NO3/c1-4-5(8)6(9)10-7(2)3/h4H,1H2,2-3H3. The predicted molar refractivity (Wildman–Crippen MR) is 35.0 cm³/mol. The molecule has 0 aromatic rings. The zero-order valence-corrected chi connectivity index (χ0v) is 5.96. The summed E-state index contributed by atoms with van der Waals surface area (Å²) in [6, 6.07) is 0. The van der Waals surface area contributed by atoms with E-state index in [9.17, 15) is 9.59 Å². The molecule has 0 rings (SSSR count). The van der Waals surface area contributed by atoms with Crippen LogP contribution in [0, 0.1) is 0 Å². The van der Waals surface area contributed by atoms with Gasteiger partial charge in [-0.05, 0) is 6.08 Å². The van der Waals surface area contributed by atoms with Crippen molar-refractivity contribution in [1.29, 1.82) is 0 Å². The van der Waals surface area contributed by atoms with Crippen LogP contribution < -0.4 is 0 Å². The molecule has 0 aromatic heterocycles. The van der Waals surface area contributed by atoms with Gasteiger partial charge in [-0.25, -0.2) is 4.79 Å². The zero-order chi connectivity index (χ0) is 8.15. The van der Waals surface area contributed by atoms with Crippen LogP contribution in [0.25, 0.3) is 0 Å². The van der Waals surface area contributed by atoms with E-state index in [2.05, 4.69) is 11.4 Å². The molecule has 0 radical (unpaired) electrons. The third-order valence-electron chi connectivity index (χ3n) is 0.652. The van der Waals surface area contributed by atoms with E-state index in [1.54, 1.807) is 0 Å². The van der Waals surface area contributed by atoms with Crippen molar-refractivity contribution in [3.63, 3.8) is 0 Å². The highest BCUT2D eigenvalue weighted by molar-refractivity contribution is 6.38. The molecule has 0 saturated heterocycles. The monoisotopic (exact) mass is 143 g/mol. The van der Waals surface area contributed by atoms with Gasteiger partial charge in [0.15, 0.2) is 0 Å². The molecule has 0 unspecified atom stereocenters. The molecular formula is C6H9NO3. The number of carbonyl (C=O) groups is 2. The summed E-state index contributed by atoms with van der Waals surface area (Å²) in [5.74, 6) is -1.66. The maximum Gasteiger partial charge on any atom is 0.397 e. The number of nitrogens with zero attached hydrogens (tertiary/aromatic N) is 1. The van der Waals surface area contributed by atoms with Crippen molar-refractivity contribution in [2.75, 3.05) is 14.1 Å². The Bertz CT molecular complexity index is 162. The van der Waals surface area contributed by atoms with Crippen molar-refractivity contribution in [3.05, 3.63) is 12.7 Å². The van der Waals surface area contributed by atoms with Crippen LogP contribution in [0.5, 0.6) is 0 Å². The van der Waals surface area contributed by atoms with Gasteiger partial charge in [-0.15, -0.1) is 5.06 Å². The molecule has 4 heteroatoms. The van der Waals surface area contributed by atoms with Gasteiger partial charge in [0, 0.05) is 14.1 Å². The molecule has 56 valence electrons. The van der Waals surface area contributed by atoms with Crippen LogP contribution in [-0.2, 0) is 14.4 Å². The van der Waals surface area contributed by atoms with Crippen molar-refractivity contribution >= 4 is 11.8 Å². The summed E-state index contributed by atoms with van der Waals surface area (Å²) in [5, 5.41) is 1.14. The molecule has 0 aliphatic heterocycles. The zero-order valence-electron chi connectivity index (χ0n) is 5.96. The van der Waals surface area contributed by atoms with E-state index in [0.717, 1.165) is 11.1 Å². The summed E-state index contributed by atoms with van der Waals surface area (Å²) >= 11 is 0. The second kappa shape index (κ2) is 3.79. The third-order valence-corrected chi connectivity index (χ3v) is 0.652. The van der Waals surface area contributed by atoms with Crippen molar-refractivity contribution in [3.8, 4) is 0 Å². The number of hydrogen-bond acceptors (Lipinski definition) is 4. The van der Waals surface area contributed by atoms with Crippen LogP contribution in [-0.4, -0.2) is 30.9 Å². The first-order valence-corrected chi connectivity index (χ1v) is 2.64. The van der Waals surface area contributed by atoms with E-state index in [0.29, 0.717) is 0 Å². The van der Waals surface area contributed by atoms with Gasteiger partial charge in [0.05, 0.1) is 0 Å². The predicted octanol–water partition coefficient (Wildman–Crippen LogP) is -0.239. The Hall–Kier alpha value is -1.16. The molecule has 0 bridgehead atoms. The molecule has 10 heavy (non-hydrogen) atoms. The average molecular weight is 143 g/mol. The van der Waals surface area contributed by atoms with Crippen LogP contribution in [0.2, 0.25) is 0 Å². The Labute approximate surface area is 59.0 Å². The van der Waals surface area contributed by atoms with Gasteiger partial charge in [-0.1, -0.05) is 6.58 Å². The lowest BCUT2D eigenvalue weighted by atomic mass is 10.4. The minimum absolute atomic E-state index is 0.742. The summed E-state index contributed by atoms with van der Waals surface area (Å²) in [7, 11) is 3.02. The van der Waals surface area contributed by atoms with Gasteiger partial charge in [0.2, 0.25) is 0 Å². The van der Waals surface area contributed by atoms with Gasteiger partial charge in [0.1, 0.15) is 0 Å². The molecule has 0 aromatic carbocycles. The fourth-order valence-corrected chi connectivity index (χ4v) is 0.294. The Kier molecular flexibility index (Phi) is 3.35. The minimum atomic E-state index is -0.917. The highest BCUT2D eigenvalue weighted by Gasteiger charge is 2.11. The van der Waals surface area contributed by atoms with Gasteiger partial charge in [-0.3, -0.25) is 4.79 Å². The average Bonchev–Trinajstić information content (AvgIpc) is 1.85. The maximum absolute atomic E-state index is 10.5. The quantitative estimate of drug-likeness (QED) is 0.311. The number of carbonyl (C=O) groups excluding carboxylic acids is 2. The topological polar surface area (TPSA) is 46.6 Å². The Morgan fingerprint density at radius 3 is 2.30 bits per heavy atom. The van der Waals surface area contributed by atoms with Crippen LogP contribution in [0.4, 0.5) is 0 Å². The molecule has 0 heterocycles. The van der Waals surface area contributed by atoms with E-state index in [1.807, 2.05) is 0 Å². The first kappa shape index (κ1) is 8.84. The van der Waals surface area contributed by atoms with Crippen LogP contribution in [0.3, 0.4) is 0 Å². The number of hydrogen-bond donors (Lipinski definition) is 0. The van der Waals surface area contributed by atoms with Gasteiger partial charge in [0.25, 0.3) is 5.78 Å². The van der Waals surface area contributed by atoms with Crippen molar-refractivity contribution in [2.24, 2.45) is 0 Å². The molecule has 0 saturated carbocycles. The summed E-state index contributed by atoms with van der Waals surface area (Å²) in [5.41, 5.74) is 0.